The van der Waals surface area contributed by atoms with E-state index in [1.807, 2.05) is 0 Å². The zero-order chi connectivity index (χ0) is 13.2. The molecule has 1 heterocycles. The molecule has 0 aromatic heterocycles. The van der Waals surface area contributed by atoms with Crippen LogP contribution < -0.4 is 5.73 Å². The molecule has 2 aliphatic rings. The number of hydrogen-bond donors (Lipinski definition) is 1. The maximum absolute atomic E-state index is 5.72. The molecule has 2 rings (SSSR count). The van der Waals surface area contributed by atoms with Crippen molar-refractivity contribution in [2.75, 3.05) is 26.2 Å². The van der Waals surface area contributed by atoms with E-state index < -0.39 is 0 Å². The summed E-state index contributed by atoms with van der Waals surface area (Å²) < 4.78 is 5.66. The van der Waals surface area contributed by atoms with Crippen LogP contribution in [0.3, 0.4) is 0 Å². The van der Waals surface area contributed by atoms with E-state index in [9.17, 15) is 0 Å². The van der Waals surface area contributed by atoms with Crippen LogP contribution in [0.1, 0.15) is 46.5 Å². The van der Waals surface area contributed by atoms with Gasteiger partial charge < -0.3 is 10.5 Å². The Hall–Kier alpha value is -0.120. The fourth-order valence-electron chi connectivity index (χ4n) is 3.52. The number of nitrogens with two attached hydrogens (primary N) is 1. The van der Waals surface area contributed by atoms with Gasteiger partial charge in [0, 0.05) is 25.7 Å². The molecule has 0 radical (unpaired) electrons. The minimum atomic E-state index is 0.263. The lowest BCUT2D eigenvalue weighted by atomic mass is 9.71. The number of hydrogen-bond acceptors (Lipinski definition) is 3. The molecule has 106 valence electrons. The highest BCUT2D eigenvalue weighted by atomic mass is 16.5. The van der Waals surface area contributed by atoms with Gasteiger partial charge in [0.1, 0.15) is 0 Å². The Kier molecular flexibility index (Phi) is 4.68. The van der Waals surface area contributed by atoms with E-state index in [1.165, 1.54) is 25.7 Å². The third-order valence-electron chi connectivity index (χ3n) is 4.87. The fraction of sp³-hybridized carbons (Fsp3) is 1.00. The Labute approximate surface area is 112 Å². The minimum Gasteiger partial charge on any atom is -0.374 e. The van der Waals surface area contributed by atoms with Crippen molar-refractivity contribution in [3.8, 4) is 0 Å². The van der Waals surface area contributed by atoms with Crippen molar-refractivity contribution in [3.63, 3.8) is 0 Å². The predicted octanol–water partition coefficient (Wildman–Crippen LogP) is 2.25. The molecule has 3 nitrogen and oxygen atoms in total. The Morgan fingerprint density at radius 1 is 1.17 bits per heavy atom. The smallest absolute Gasteiger partial charge is 0.0824 e. The maximum Gasteiger partial charge on any atom is 0.0824 e. The second-order valence-corrected chi connectivity index (χ2v) is 7.09. The summed E-state index contributed by atoms with van der Waals surface area (Å²) in [7, 11) is 0. The zero-order valence-electron chi connectivity index (χ0n) is 12.3. The van der Waals surface area contributed by atoms with Gasteiger partial charge in [-0.3, -0.25) is 4.90 Å². The molecule has 1 unspecified atom stereocenters. The monoisotopic (exact) mass is 254 g/mol. The summed E-state index contributed by atoms with van der Waals surface area (Å²) in [5.41, 5.74) is 6.20. The molecular formula is C15H30N2O. The second kappa shape index (κ2) is 5.89. The van der Waals surface area contributed by atoms with E-state index in [-0.39, 0.29) is 6.10 Å². The van der Waals surface area contributed by atoms with Crippen LogP contribution in [-0.4, -0.2) is 43.3 Å². The first-order valence-electron chi connectivity index (χ1n) is 7.56. The standard InChI is InChI=1S/C15H30N2O/c1-15(2,3)12-4-6-13(7-5-12)17-8-9-18-14(10-16)11-17/h12-14H,4-11,16H2,1-3H3. The number of morpholine rings is 1. The molecule has 1 aliphatic carbocycles. The van der Waals surface area contributed by atoms with Gasteiger partial charge in [-0.1, -0.05) is 20.8 Å². The number of ether oxygens (including phenoxy) is 1. The van der Waals surface area contributed by atoms with Gasteiger partial charge in [-0.25, -0.2) is 0 Å². The van der Waals surface area contributed by atoms with Crippen molar-refractivity contribution in [1.29, 1.82) is 0 Å². The zero-order valence-corrected chi connectivity index (χ0v) is 12.3. The van der Waals surface area contributed by atoms with Gasteiger partial charge in [-0.2, -0.15) is 0 Å². The van der Waals surface area contributed by atoms with Crippen molar-refractivity contribution in [1.82, 2.24) is 4.90 Å². The van der Waals surface area contributed by atoms with Gasteiger partial charge in [0.15, 0.2) is 0 Å². The van der Waals surface area contributed by atoms with E-state index in [4.69, 9.17) is 10.5 Å². The molecular weight excluding hydrogens is 224 g/mol. The third-order valence-corrected chi connectivity index (χ3v) is 4.87. The largest absolute Gasteiger partial charge is 0.374 e. The third kappa shape index (κ3) is 3.46. The highest BCUT2D eigenvalue weighted by molar-refractivity contribution is 4.86. The Morgan fingerprint density at radius 3 is 2.39 bits per heavy atom. The predicted molar refractivity (Wildman–Crippen MR) is 75.6 cm³/mol. The molecule has 1 saturated heterocycles. The summed E-state index contributed by atoms with van der Waals surface area (Å²) in [6.07, 6.45) is 5.76. The molecule has 1 aliphatic heterocycles. The van der Waals surface area contributed by atoms with Gasteiger partial charge in [0.2, 0.25) is 0 Å². The first-order valence-corrected chi connectivity index (χ1v) is 7.56. The topological polar surface area (TPSA) is 38.5 Å². The Morgan fingerprint density at radius 2 is 1.83 bits per heavy atom. The average molecular weight is 254 g/mol. The quantitative estimate of drug-likeness (QED) is 0.821. The molecule has 3 heteroatoms. The SMILES string of the molecule is CC(C)(C)C1CCC(N2CCOC(CN)C2)CC1. The molecule has 18 heavy (non-hydrogen) atoms. The van der Waals surface area contributed by atoms with E-state index in [0.29, 0.717) is 12.0 Å². The van der Waals surface area contributed by atoms with Gasteiger partial charge in [-0.05, 0) is 37.0 Å². The van der Waals surface area contributed by atoms with Crippen LogP contribution in [0.5, 0.6) is 0 Å². The lowest BCUT2D eigenvalue weighted by Gasteiger charge is -2.43. The summed E-state index contributed by atoms with van der Waals surface area (Å²) in [6.45, 7) is 10.8. The number of nitrogens with zero attached hydrogens (tertiary/aromatic N) is 1. The van der Waals surface area contributed by atoms with Crippen LogP contribution in [0.2, 0.25) is 0 Å². The molecule has 1 saturated carbocycles. The summed E-state index contributed by atoms with van der Waals surface area (Å²) in [6, 6.07) is 0.779. The van der Waals surface area contributed by atoms with E-state index >= 15 is 0 Å². The highest BCUT2D eigenvalue weighted by Crippen LogP contribution is 2.39. The van der Waals surface area contributed by atoms with Crippen molar-refractivity contribution in [2.24, 2.45) is 17.1 Å². The van der Waals surface area contributed by atoms with Crippen LogP contribution in [-0.2, 0) is 4.74 Å². The first-order chi connectivity index (χ1) is 8.50. The van der Waals surface area contributed by atoms with Gasteiger partial charge in [0.25, 0.3) is 0 Å². The second-order valence-electron chi connectivity index (χ2n) is 7.09. The molecule has 2 N–H and O–H groups in total. The van der Waals surface area contributed by atoms with Crippen molar-refractivity contribution < 1.29 is 4.74 Å². The summed E-state index contributed by atoms with van der Waals surface area (Å²) >= 11 is 0. The van der Waals surface area contributed by atoms with Gasteiger partial charge in [0.05, 0.1) is 12.7 Å². The normalized spacial score (nSPS) is 35.7. The van der Waals surface area contributed by atoms with E-state index in [0.717, 1.165) is 31.7 Å². The fourth-order valence-corrected chi connectivity index (χ4v) is 3.52. The van der Waals surface area contributed by atoms with Crippen molar-refractivity contribution in [2.45, 2.75) is 58.6 Å². The highest BCUT2D eigenvalue weighted by Gasteiger charge is 2.33. The van der Waals surface area contributed by atoms with Gasteiger partial charge in [-0.15, -0.1) is 0 Å². The van der Waals surface area contributed by atoms with Crippen LogP contribution in [0.4, 0.5) is 0 Å². The number of rotatable bonds is 2. The Bertz CT molecular complexity index is 254. The molecule has 0 spiro atoms. The molecule has 0 amide bonds. The van der Waals surface area contributed by atoms with E-state index in [2.05, 4.69) is 25.7 Å². The van der Waals surface area contributed by atoms with E-state index in [1.54, 1.807) is 0 Å². The molecule has 0 bridgehead atoms. The van der Waals surface area contributed by atoms with Crippen LogP contribution in [0.15, 0.2) is 0 Å². The Balaban J connectivity index is 1.82. The maximum atomic E-state index is 5.72. The van der Waals surface area contributed by atoms with Crippen LogP contribution in [0.25, 0.3) is 0 Å². The molecule has 0 aromatic carbocycles. The minimum absolute atomic E-state index is 0.263. The molecule has 0 aromatic rings. The van der Waals surface area contributed by atoms with Crippen LogP contribution >= 0.6 is 0 Å². The van der Waals surface area contributed by atoms with Gasteiger partial charge >= 0.3 is 0 Å². The lowest BCUT2D eigenvalue weighted by Crippen LogP contribution is -2.51. The molecule has 1 atom stereocenters. The summed E-state index contributed by atoms with van der Waals surface area (Å²) in [5.74, 6) is 0.903. The van der Waals surface area contributed by atoms with Crippen molar-refractivity contribution >= 4 is 0 Å². The lowest BCUT2D eigenvalue weighted by molar-refractivity contribution is -0.0480. The summed E-state index contributed by atoms with van der Waals surface area (Å²) in [4.78, 5) is 2.62. The van der Waals surface area contributed by atoms with Crippen molar-refractivity contribution in [3.05, 3.63) is 0 Å². The first kappa shape index (κ1) is 14.3. The molecule has 2 fully saturated rings. The summed E-state index contributed by atoms with van der Waals surface area (Å²) in [5, 5.41) is 0. The average Bonchev–Trinajstić information content (AvgIpc) is 2.38. The van der Waals surface area contributed by atoms with Crippen LogP contribution in [0, 0.1) is 11.3 Å².